The van der Waals surface area contributed by atoms with Crippen LogP contribution in [0.1, 0.15) is 27.9 Å². The maximum atomic E-state index is 12.5. The molecule has 0 spiro atoms. The normalized spacial score (nSPS) is 10.6. The first-order valence-corrected chi connectivity index (χ1v) is 9.25. The van der Waals surface area contributed by atoms with E-state index in [1.807, 2.05) is 6.92 Å². The number of hydrogen-bond donors (Lipinski definition) is 1. The first-order chi connectivity index (χ1) is 13.9. The van der Waals surface area contributed by atoms with Crippen LogP contribution in [-0.4, -0.2) is 38.5 Å². The summed E-state index contributed by atoms with van der Waals surface area (Å²) < 4.78 is 13.2. The Kier molecular flexibility index (Phi) is 6.40. The molecule has 0 aliphatic carbocycles. The molecule has 0 aliphatic heterocycles. The van der Waals surface area contributed by atoms with Crippen molar-refractivity contribution in [3.05, 3.63) is 58.1 Å². The third-order valence-electron chi connectivity index (χ3n) is 3.83. The minimum absolute atomic E-state index is 0.0165. The third-order valence-corrected chi connectivity index (χ3v) is 4.36. The van der Waals surface area contributed by atoms with Gasteiger partial charge in [0.2, 0.25) is 0 Å². The summed E-state index contributed by atoms with van der Waals surface area (Å²) in [5.74, 6) is -0.715. The van der Waals surface area contributed by atoms with E-state index in [-0.39, 0.29) is 23.8 Å². The first kappa shape index (κ1) is 20.7. The molecule has 152 valence electrons. The number of amides is 1. The Labute approximate surface area is 176 Å². The number of ether oxygens (including phenoxy) is 2. The van der Waals surface area contributed by atoms with Crippen molar-refractivity contribution in [1.82, 2.24) is 19.6 Å². The van der Waals surface area contributed by atoms with Crippen molar-refractivity contribution >= 4 is 40.8 Å². The molecule has 0 atom stereocenters. The molecule has 29 heavy (non-hydrogen) atoms. The van der Waals surface area contributed by atoms with Crippen LogP contribution in [0.5, 0.6) is 5.75 Å². The lowest BCUT2D eigenvalue weighted by atomic mass is 10.3. The van der Waals surface area contributed by atoms with Gasteiger partial charge in [-0.15, -0.1) is 0 Å². The highest BCUT2D eigenvalue weighted by Crippen LogP contribution is 2.27. The topological polar surface area (TPSA) is 100 Å². The summed E-state index contributed by atoms with van der Waals surface area (Å²) in [6.07, 6.45) is 3.13. The summed E-state index contributed by atoms with van der Waals surface area (Å²) in [5, 5.41) is 11.7. The lowest BCUT2D eigenvalue weighted by molar-refractivity contribution is 0.0594. The van der Waals surface area contributed by atoms with E-state index in [0.717, 1.165) is 0 Å². The van der Waals surface area contributed by atoms with Gasteiger partial charge in [-0.2, -0.15) is 10.2 Å². The fraction of sp³-hybridized carbons (Fsp3) is 0.222. The summed E-state index contributed by atoms with van der Waals surface area (Å²) in [6.45, 7) is 2.42. The zero-order valence-electron chi connectivity index (χ0n) is 15.6. The van der Waals surface area contributed by atoms with Gasteiger partial charge in [0.05, 0.1) is 17.8 Å². The lowest BCUT2D eigenvalue weighted by Gasteiger charge is -2.08. The standard InChI is InChI=1S/C18H17Cl2N5O4/c1-3-24-9-14(16(23-24)18(27)28-2)21-17(26)13-6-7-25(22-13)10-29-15-5-4-11(19)8-12(15)20/h4-9H,3,10H2,1-2H3,(H,21,26). The second kappa shape index (κ2) is 8.97. The molecule has 0 saturated heterocycles. The van der Waals surface area contributed by atoms with Crippen molar-refractivity contribution < 1.29 is 19.1 Å². The molecule has 0 fully saturated rings. The van der Waals surface area contributed by atoms with Gasteiger partial charge < -0.3 is 14.8 Å². The second-order valence-electron chi connectivity index (χ2n) is 5.78. The van der Waals surface area contributed by atoms with Gasteiger partial charge in [0.1, 0.15) is 5.75 Å². The van der Waals surface area contributed by atoms with Crippen molar-refractivity contribution in [2.45, 2.75) is 20.2 Å². The van der Waals surface area contributed by atoms with Crippen LogP contribution in [0.2, 0.25) is 10.0 Å². The van der Waals surface area contributed by atoms with E-state index in [2.05, 4.69) is 15.5 Å². The van der Waals surface area contributed by atoms with E-state index in [1.54, 1.807) is 30.6 Å². The predicted molar refractivity (Wildman–Crippen MR) is 107 cm³/mol. The molecular formula is C18H17Cl2N5O4. The number of carbonyl (C=O) groups is 2. The van der Waals surface area contributed by atoms with Gasteiger partial charge in [0.15, 0.2) is 18.1 Å². The highest BCUT2D eigenvalue weighted by atomic mass is 35.5. The predicted octanol–water partition coefficient (Wildman–Crippen LogP) is 3.48. The number of carbonyl (C=O) groups excluding carboxylic acids is 2. The molecule has 1 N–H and O–H groups in total. The largest absolute Gasteiger partial charge is 0.470 e. The quantitative estimate of drug-likeness (QED) is 0.567. The molecule has 0 aliphatic rings. The number of anilines is 1. The smallest absolute Gasteiger partial charge is 0.360 e. The summed E-state index contributed by atoms with van der Waals surface area (Å²) >= 11 is 11.9. The van der Waals surface area contributed by atoms with Crippen LogP contribution in [-0.2, 0) is 18.0 Å². The molecular weight excluding hydrogens is 421 g/mol. The van der Waals surface area contributed by atoms with Crippen molar-refractivity contribution in [3.63, 3.8) is 0 Å². The summed E-state index contributed by atoms with van der Waals surface area (Å²) in [7, 11) is 1.24. The number of nitrogens with one attached hydrogen (secondary N) is 1. The monoisotopic (exact) mass is 437 g/mol. The molecule has 11 heteroatoms. The second-order valence-corrected chi connectivity index (χ2v) is 6.63. The zero-order valence-corrected chi connectivity index (χ0v) is 17.1. The molecule has 3 rings (SSSR count). The molecule has 0 unspecified atom stereocenters. The van der Waals surface area contributed by atoms with Crippen LogP contribution >= 0.6 is 23.2 Å². The van der Waals surface area contributed by atoms with E-state index in [0.29, 0.717) is 22.3 Å². The van der Waals surface area contributed by atoms with Crippen LogP contribution < -0.4 is 10.1 Å². The van der Waals surface area contributed by atoms with Crippen molar-refractivity contribution in [3.8, 4) is 5.75 Å². The molecule has 2 aromatic heterocycles. The van der Waals surface area contributed by atoms with E-state index in [9.17, 15) is 9.59 Å². The van der Waals surface area contributed by atoms with Crippen LogP contribution in [0.4, 0.5) is 5.69 Å². The van der Waals surface area contributed by atoms with Gasteiger partial charge in [0.25, 0.3) is 5.91 Å². The number of nitrogens with zero attached hydrogens (tertiary/aromatic N) is 4. The van der Waals surface area contributed by atoms with Crippen LogP contribution in [0.25, 0.3) is 0 Å². The van der Waals surface area contributed by atoms with Crippen molar-refractivity contribution in [2.75, 3.05) is 12.4 Å². The maximum Gasteiger partial charge on any atom is 0.360 e. The Morgan fingerprint density at radius 2 is 1.97 bits per heavy atom. The number of benzene rings is 1. The molecule has 0 radical (unpaired) electrons. The average Bonchev–Trinajstić information content (AvgIpc) is 3.33. The third kappa shape index (κ3) is 4.87. The van der Waals surface area contributed by atoms with Gasteiger partial charge in [0, 0.05) is 24.0 Å². The Morgan fingerprint density at radius 1 is 1.17 bits per heavy atom. The summed E-state index contributed by atoms with van der Waals surface area (Å²) in [6, 6.07) is 6.38. The Bertz CT molecular complexity index is 1050. The Balaban J connectivity index is 1.68. The first-order valence-electron chi connectivity index (χ1n) is 8.49. The summed E-state index contributed by atoms with van der Waals surface area (Å²) in [5.41, 5.74) is 0.390. The van der Waals surface area contributed by atoms with Gasteiger partial charge in [-0.05, 0) is 31.2 Å². The van der Waals surface area contributed by atoms with E-state index in [4.69, 9.17) is 32.7 Å². The van der Waals surface area contributed by atoms with E-state index < -0.39 is 11.9 Å². The number of esters is 1. The maximum absolute atomic E-state index is 12.5. The zero-order chi connectivity index (χ0) is 21.0. The average molecular weight is 438 g/mol. The molecule has 1 amide bonds. The van der Waals surface area contributed by atoms with Gasteiger partial charge in [-0.3, -0.25) is 9.48 Å². The molecule has 1 aromatic carbocycles. The van der Waals surface area contributed by atoms with Gasteiger partial charge >= 0.3 is 5.97 Å². The Morgan fingerprint density at radius 3 is 2.66 bits per heavy atom. The minimum Gasteiger partial charge on any atom is -0.470 e. The highest BCUT2D eigenvalue weighted by molar-refractivity contribution is 6.35. The fourth-order valence-corrected chi connectivity index (χ4v) is 2.85. The lowest BCUT2D eigenvalue weighted by Crippen LogP contribution is -2.16. The molecule has 3 aromatic rings. The van der Waals surface area contributed by atoms with Gasteiger partial charge in [-0.1, -0.05) is 23.2 Å². The molecule has 0 bridgehead atoms. The highest BCUT2D eigenvalue weighted by Gasteiger charge is 2.20. The van der Waals surface area contributed by atoms with Crippen LogP contribution in [0.15, 0.2) is 36.7 Å². The van der Waals surface area contributed by atoms with Crippen molar-refractivity contribution in [2.24, 2.45) is 0 Å². The molecule has 9 nitrogen and oxygen atoms in total. The molecule has 0 saturated carbocycles. The SMILES string of the molecule is CCn1cc(NC(=O)c2ccn(COc3ccc(Cl)cc3Cl)n2)c(C(=O)OC)n1. The van der Waals surface area contributed by atoms with Crippen LogP contribution in [0, 0.1) is 0 Å². The van der Waals surface area contributed by atoms with Crippen LogP contribution in [0.3, 0.4) is 0 Å². The van der Waals surface area contributed by atoms with E-state index >= 15 is 0 Å². The molecule has 2 heterocycles. The number of methoxy groups -OCH3 is 1. The number of halogens is 2. The van der Waals surface area contributed by atoms with E-state index in [1.165, 1.54) is 22.5 Å². The number of aromatic nitrogens is 4. The fourth-order valence-electron chi connectivity index (χ4n) is 2.39. The number of rotatable bonds is 7. The minimum atomic E-state index is -0.647. The number of hydrogen-bond acceptors (Lipinski definition) is 6. The number of aryl methyl sites for hydroxylation is 1. The summed E-state index contributed by atoms with van der Waals surface area (Å²) in [4.78, 5) is 24.4. The Hall–Kier alpha value is -3.04. The van der Waals surface area contributed by atoms with Gasteiger partial charge in [-0.25, -0.2) is 9.48 Å². The van der Waals surface area contributed by atoms with Crippen molar-refractivity contribution in [1.29, 1.82) is 0 Å².